The lowest BCUT2D eigenvalue weighted by molar-refractivity contribution is 0.192. The summed E-state index contributed by atoms with van der Waals surface area (Å²) < 4.78 is 13.6. The molecule has 0 radical (unpaired) electrons. The van der Waals surface area contributed by atoms with Crippen LogP contribution in [0.5, 0.6) is 0 Å². The molecule has 1 aliphatic rings. The lowest BCUT2D eigenvalue weighted by atomic mass is 10.1. The number of benzene rings is 1. The van der Waals surface area contributed by atoms with Crippen LogP contribution in [0.25, 0.3) is 0 Å². The molecule has 0 saturated heterocycles. The summed E-state index contributed by atoms with van der Waals surface area (Å²) in [5, 5.41) is 13.8. The number of fused-ring (bicyclic) bond motifs is 1. The van der Waals surface area contributed by atoms with Crippen LogP contribution in [0.4, 0.5) is 9.18 Å². The van der Waals surface area contributed by atoms with E-state index in [1.165, 1.54) is 22.6 Å². The SMILES string of the molecule is O=C(NCc1ccc(CO)c(F)c1)N1CCc2sccc2C1. The number of halogens is 1. The monoisotopic (exact) mass is 320 g/mol. The number of nitrogens with one attached hydrogen (secondary N) is 1. The normalized spacial score (nSPS) is 13.8. The minimum Gasteiger partial charge on any atom is -0.392 e. The molecule has 0 aliphatic carbocycles. The quantitative estimate of drug-likeness (QED) is 0.913. The molecule has 2 amide bonds. The van der Waals surface area contributed by atoms with Gasteiger partial charge < -0.3 is 15.3 Å². The molecule has 2 N–H and O–H groups in total. The molecule has 2 heterocycles. The van der Waals surface area contributed by atoms with Crippen molar-refractivity contribution in [2.24, 2.45) is 0 Å². The number of rotatable bonds is 3. The Labute approximate surface area is 132 Å². The second kappa shape index (κ2) is 6.46. The Balaban J connectivity index is 1.58. The largest absolute Gasteiger partial charge is 0.392 e. The zero-order valence-corrected chi connectivity index (χ0v) is 12.8. The smallest absolute Gasteiger partial charge is 0.317 e. The first-order valence-corrected chi connectivity index (χ1v) is 8.01. The molecule has 0 saturated carbocycles. The predicted molar refractivity (Wildman–Crippen MR) is 83.0 cm³/mol. The van der Waals surface area contributed by atoms with Gasteiger partial charge in [-0.05, 0) is 35.1 Å². The number of hydrogen-bond acceptors (Lipinski definition) is 3. The number of aliphatic hydroxyl groups excluding tert-OH is 1. The zero-order chi connectivity index (χ0) is 15.5. The van der Waals surface area contributed by atoms with E-state index < -0.39 is 5.82 Å². The number of carbonyl (C=O) groups is 1. The first-order valence-electron chi connectivity index (χ1n) is 7.13. The molecule has 0 fully saturated rings. The van der Waals surface area contributed by atoms with Crippen molar-refractivity contribution in [1.82, 2.24) is 10.2 Å². The third kappa shape index (κ3) is 3.13. The molecule has 116 valence electrons. The summed E-state index contributed by atoms with van der Waals surface area (Å²) in [6, 6.07) is 6.52. The summed E-state index contributed by atoms with van der Waals surface area (Å²) in [7, 11) is 0. The fraction of sp³-hybridized carbons (Fsp3) is 0.312. The molecule has 1 aromatic heterocycles. The van der Waals surface area contributed by atoms with Crippen LogP contribution in [0.15, 0.2) is 29.6 Å². The summed E-state index contributed by atoms with van der Waals surface area (Å²) in [6.45, 7) is 1.28. The number of hydrogen-bond donors (Lipinski definition) is 2. The highest BCUT2D eigenvalue weighted by Gasteiger charge is 2.21. The lowest BCUT2D eigenvalue weighted by Gasteiger charge is -2.27. The van der Waals surface area contributed by atoms with E-state index in [1.807, 2.05) is 0 Å². The molecule has 4 nitrogen and oxygen atoms in total. The van der Waals surface area contributed by atoms with Gasteiger partial charge in [-0.2, -0.15) is 0 Å². The average molecular weight is 320 g/mol. The molecule has 3 rings (SSSR count). The van der Waals surface area contributed by atoms with Crippen molar-refractivity contribution in [2.45, 2.75) is 26.1 Å². The number of urea groups is 1. The van der Waals surface area contributed by atoms with Crippen molar-refractivity contribution in [2.75, 3.05) is 6.54 Å². The first-order chi connectivity index (χ1) is 10.7. The summed E-state index contributed by atoms with van der Waals surface area (Å²) in [6.07, 6.45) is 0.889. The van der Waals surface area contributed by atoms with Gasteiger partial charge >= 0.3 is 6.03 Å². The molecule has 0 spiro atoms. The Morgan fingerprint density at radius 3 is 3.05 bits per heavy atom. The van der Waals surface area contributed by atoms with E-state index in [-0.39, 0.29) is 24.7 Å². The van der Waals surface area contributed by atoms with Gasteiger partial charge in [-0.1, -0.05) is 12.1 Å². The van der Waals surface area contributed by atoms with E-state index in [0.29, 0.717) is 18.7 Å². The van der Waals surface area contributed by atoms with E-state index in [1.54, 1.807) is 22.3 Å². The summed E-state index contributed by atoms with van der Waals surface area (Å²) >= 11 is 1.73. The number of carbonyl (C=O) groups excluding carboxylic acids is 1. The van der Waals surface area contributed by atoms with Crippen LogP contribution < -0.4 is 5.32 Å². The van der Waals surface area contributed by atoms with Crippen molar-refractivity contribution in [3.05, 3.63) is 57.0 Å². The second-order valence-electron chi connectivity index (χ2n) is 5.28. The van der Waals surface area contributed by atoms with Crippen LogP contribution in [-0.4, -0.2) is 22.6 Å². The maximum Gasteiger partial charge on any atom is 0.317 e. The topological polar surface area (TPSA) is 52.6 Å². The van der Waals surface area contributed by atoms with Gasteiger partial charge in [0.1, 0.15) is 5.82 Å². The van der Waals surface area contributed by atoms with Crippen LogP contribution in [0, 0.1) is 5.82 Å². The summed E-state index contributed by atoms with van der Waals surface area (Å²) in [5.41, 5.74) is 2.15. The molecular weight excluding hydrogens is 303 g/mol. The molecule has 2 aromatic rings. The van der Waals surface area contributed by atoms with Crippen LogP contribution in [-0.2, 0) is 26.1 Å². The molecule has 0 unspecified atom stereocenters. The van der Waals surface area contributed by atoms with Crippen LogP contribution in [0.3, 0.4) is 0 Å². The van der Waals surface area contributed by atoms with Crippen LogP contribution in [0.2, 0.25) is 0 Å². The Bertz CT molecular complexity index is 687. The third-order valence-corrected chi connectivity index (χ3v) is 4.85. The molecule has 0 atom stereocenters. The Morgan fingerprint density at radius 2 is 2.27 bits per heavy atom. The summed E-state index contributed by atoms with van der Waals surface area (Å²) in [5.74, 6) is -0.449. The maximum atomic E-state index is 13.6. The number of aliphatic hydroxyl groups is 1. The Morgan fingerprint density at radius 1 is 1.41 bits per heavy atom. The highest BCUT2D eigenvalue weighted by atomic mass is 32.1. The first kappa shape index (κ1) is 15.0. The third-order valence-electron chi connectivity index (χ3n) is 3.83. The standard InChI is InChI=1S/C16H17FN2O2S/c17-14-7-11(1-2-13(14)10-20)8-18-16(21)19-5-3-15-12(9-19)4-6-22-15/h1-2,4,6-7,20H,3,5,8-10H2,(H,18,21). The van der Waals surface area contributed by atoms with Gasteiger partial charge in [0.15, 0.2) is 0 Å². The van der Waals surface area contributed by atoms with Gasteiger partial charge in [-0.25, -0.2) is 9.18 Å². The summed E-state index contributed by atoms with van der Waals surface area (Å²) in [4.78, 5) is 15.3. The fourth-order valence-corrected chi connectivity index (χ4v) is 3.43. The maximum absolute atomic E-state index is 13.6. The minimum absolute atomic E-state index is 0.136. The molecule has 6 heteroatoms. The highest BCUT2D eigenvalue weighted by Crippen LogP contribution is 2.23. The van der Waals surface area contributed by atoms with Gasteiger partial charge in [0.25, 0.3) is 0 Å². The van der Waals surface area contributed by atoms with Gasteiger partial charge in [-0.3, -0.25) is 0 Å². The van der Waals surface area contributed by atoms with E-state index >= 15 is 0 Å². The molecule has 0 bridgehead atoms. The number of amides is 2. The predicted octanol–water partition coefficient (Wildman–Crippen LogP) is 2.65. The molecule has 1 aliphatic heterocycles. The molecule has 22 heavy (non-hydrogen) atoms. The van der Waals surface area contributed by atoms with Crippen molar-refractivity contribution in [1.29, 1.82) is 0 Å². The fourth-order valence-electron chi connectivity index (χ4n) is 2.54. The van der Waals surface area contributed by atoms with E-state index in [0.717, 1.165) is 6.42 Å². The lowest BCUT2D eigenvalue weighted by Crippen LogP contribution is -2.42. The molecule has 1 aromatic carbocycles. The number of thiophene rings is 1. The van der Waals surface area contributed by atoms with E-state index in [4.69, 9.17) is 5.11 Å². The van der Waals surface area contributed by atoms with Gasteiger partial charge in [-0.15, -0.1) is 11.3 Å². The van der Waals surface area contributed by atoms with E-state index in [9.17, 15) is 9.18 Å². The van der Waals surface area contributed by atoms with Crippen molar-refractivity contribution < 1.29 is 14.3 Å². The Kier molecular flexibility index (Phi) is 4.40. The van der Waals surface area contributed by atoms with Crippen LogP contribution >= 0.6 is 11.3 Å². The van der Waals surface area contributed by atoms with E-state index in [2.05, 4.69) is 16.8 Å². The average Bonchev–Trinajstić information content (AvgIpc) is 3.00. The minimum atomic E-state index is -0.449. The number of nitrogens with zero attached hydrogens (tertiary/aromatic N) is 1. The molecular formula is C16H17FN2O2S. The Hall–Kier alpha value is -1.92. The van der Waals surface area contributed by atoms with Crippen molar-refractivity contribution in [3.8, 4) is 0 Å². The second-order valence-corrected chi connectivity index (χ2v) is 6.28. The van der Waals surface area contributed by atoms with Crippen molar-refractivity contribution >= 4 is 17.4 Å². The van der Waals surface area contributed by atoms with Gasteiger partial charge in [0, 0.05) is 30.1 Å². The zero-order valence-electron chi connectivity index (χ0n) is 12.0. The highest BCUT2D eigenvalue weighted by molar-refractivity contribution is 7.10. The van der Waals surface area contributed by atoms with Gasteiger partial charge in [0.05, 0.1) is 6.61 Å². The van der Waals surface area contributed by atoms with Crippen LogP contribution in [0.1, 0.15) is 21.6 Å². The van der Waals surface area contributed by atoms with Gasteiger partial charge in [0.2, 0.25) is 0 Å². The van der Waals surface area contributed by atoms with Crippen molar-refractivity contribution in [3.63, 3.8) is 0 Å².